The van der Waals surface area contributed by atoms with Crippen LogP contribution in [0.2, 0.25) is 0 Å². The molecule has 27 heavy (non-hydrogen) atoms. The van der Waals surface area contributed by atoms with Crippen LogP contribution in [0.15, 0.2) is 24.3 Å². The minimum atomic E-state index is -3.62. The minimum Gasteiger partial charge on any atom is -0.369 e. The fraction of sp³-hybridized carbons (Fsp3) is 0.632. The molecule has 0 aliphatic carbocycles. The summed E-state index contributed by atoms with van der Waals surface area (Å²) in [7, 11) is -3.62. The summed E-state index contributed by atoms with van der Waals surface area (Å²) >= 11 is 0. The molecular weight excluding hydrogens is 364 g/mol. The van der Waals surface area contributed by atoms with E-state index < -0.39 is 21.7 Å². The van der Waals surface area contributed by atoms with Crippen molar-refractivity contribution in [1.82, 2.24) is 9.62 Å². The number of nitrogens with one attached hydrogen (secondary N) is 1. The number of nitrogens with two attached hydrogens (primary N) is 1. The Balaban J connectivity index is 1.87. The molecule has 1 atom stereocenters. The van der Waals surface area contributed by atoms with Crippen LogP contribution in [0.5, 0.6) is 0 Å². The fourth-order valence-corrected chi connectivity index (χ4v) is 4.59. The van der Waals surface area contributed by atoms with Crippen LogP contribution in [0, 0.1) is 6.92 Å². The van der Waals surface area contributed by atoms with Crippen molar-refractivity contribution >= 4 is 21.6 Å². The Bertz CT molecular complexity index is 715. The molecule has 1 heterocycles. The Morgan fingerprint density at radius 1 is 1.26 bits per heavy atom. The molecule has 2 rings (SSSR count). The van der Waals surface area contributed by atoms with Gasteiger partial charge in [-0.2, -0.15) is 4.31 Å². The van der Waals surface area contributed by atoms with E-state index in [2.05, 4.69) is 23.2 Å². The van der Waals surface area contributed by atoms with E-state index in [0.717, 1.165) is 24.9 Å². The number of benzene rings is 1. The van der Waals surface area contributed by atoms with Crippen LogP contribution >= 0.6 is 0 Å². The van der Waals surface area contributed by atoms with Gasteiger partial charge >= 0.3 is 0 Å². The molecule has 0 bridgehead atoms. The first kappa shape index (κ1) is 21.7. The Hall–Kier alpha value is -1.64. The molecule has 0 saturated carbocycles. The SMILES string of the molecule is CCCCC(CN)NC(=O)CS(=O)(=O)N1CCN(c2cccc(C)c2)CC1. The second kappa shape index (κ2) is 10.1. The first-order valence-corrected chi connectivity index (χ1v) is 11.3. The summed E-state index contributed by atoms with van der Waals surface area (Å²) in [5.41, 5.74) is 7.95. The summed E-state index contributed by atoms with van der Waals surface area (Å²) < 4.78 is 26.6. The predicted octanol–water partition coefficient (Wildman–Crippen LogP) is 1.08. The lowest BCUT2D eigenvalue weighted by Gasteiger charge is -2.35. The third-order valence-electron chi connectivity index (χ3n) is 4.87. The average molecular weight is 397 g/mol. The van der Waals surface area contributed by atoms with Gasteiger partial charge in [0.25, 0.3) is 0 Å². The molecule has 1 unspecified atom stereocenters. The van der Waals surface area contributed by atoms with Crippen molar-refractivity contribution in [2.75, 3.05) is 43.4 Å². The van der Waals surface area contributed by atoms with E-state index in [4.69, 9.17) is 5.73 Å². The van der Waals surface area contributed by atoms with Crippen LogP contribution in [0.25, 0.3) is 0 Å². The number of hydrogen-bond donors (Lipinski definition) is 2. The maximum Gasteiger partial charge on any atom is 0.236 e. The van der Waals surface area contributed by atoms with Crippen LogP contribution in [0.3, 0.4) is 0 Å². The van der Waals surface area contributed by atoms with Crippen LogP contribution in [-0.4, -0.2) is 63.1 Å². The van der Waals surface area contributed by atoms with Gasteiger partial charge in [-0.1, -0.05) is 31.9 Å². The maximum absolute atomic E-state index is 12.6. The molecule has 3 N–H and O–H groups in total. The lowest BCUT2D eigenvalue weighted by atomic mass is 10.1. The van der Waals surface area contributed by atoms with E-state index >= 15 is 0 Å². The summed E-state index contributed by atoms with van der Waals surface area (Å²) in [5.74, 6) is -0.984. The van der Waals surface area contributed by atoms with Gasteiger partial charge in [0.1, 0.15) is 5.75 Å². The molecule has 8 heteroatoms. The molecule has 0 radical (unpaired) electrons. The molecule has 1 fully saturated rings. The predicted molar refractivity (Wildman–Crippen MR) is 109 cm³/mol. The highest BCUT2D eigenvalue weighted by atomic mass is 32.2. The van der Waals surface area contributed by atoms with Gasteiger partial charge in [0.05, 0.1) is 0 Å². The zero-order valence-corrected chi connectivity index (χ0v) is 17.2. The fourth-order valence-electron chi connectivity index (χ4n) is 3.27. The van der Waals surface area contributed by atoms with E-state index in [-0.39, 0.29) is 6.04 Å². The molecular formula is C19H32N4O3S. The van der Waals surface area contributed by atoms with Crippen LogP contribution in [0.4, 0.5) is 5.69 Å². The molecule has 0 aromatic heterocycles. The van der Waals surface area contributed by atoms with Crippen LogP contribution in [-0.2, 0) is 14.8 Å². The van der Waals surface area contributed by atoms with Gasteiger partial charge < -0.3 is 16.0 Å². The van der Waals surface area contributed by atoms with Gasteiger partial charge in [0.2, 0.25) is 15.9 Å². The number of amides is 1. The topological polar surface area (TPSA) is 95.7 Å². The summed E-state index contributed by atoms with van der Waals surface area (Å²) in [6, 6.07) is 8.02. The smallest absolute Gasteiger partial charge is 0.236 e. The summed E-state index contributed by atoms with van der Waals surface area (Å²) in [6.07, 6.45) is 2.74. The van der Waals surface area contributed by atoms with Gasteiger partial charge in [0, 0.05) is 44.5 Å². The zero-order valence-electron chi connectivity index (χ0n) is 16.4. The molecule has 1 amide bonds. The van der Waals surface area contributed by atoms with Crippen molar-refractivity contribution in [3.8, 4) is 0 Å². The Morgan fingerprint density at radius 2 is 1.96 bits per heavy atom. The van der Waals surface area contributed by atoms with Crippen molar-refractivity contribution in [3.05, 3.63) is 29.8 Å². The highest BCUT2D eigenvalue weighted by Gasteiger charge is 2.29. The largest absolute Gasteiger partial charge is 0.369 e. The third-order valence-corrected chi connectivity index (χ3v) is 6.65. The quantitative estimate of drug-likeness (QED) is 0.651. The molecule has 1 saturated heterocycles. The van der Waals surface area contributed by atoms with Gasteiger partial charge in [0.15, 0.2) is 0 Å². The number of hydrogen-bond acceptors (Lipinski definition) is 5. The van der Waals surface area contributed by atoms with E-state index in [9.17, 15) is 13.2 Å². The van der Waals surface area contributed by atoms with Crippen molar-refractivity contribution in [3.63, 3.8) is 0 Å². The van der Waals surface area contributed by atoms with Crippen molar-refractivity contribution < 1.29 is 13.2 Å². The number of piperazine rings is 1. The number of carbonyl (C=O) groups is 1. The van der Waals surface area contributed by atoms with E-state index in [1.165, 1.54) is 9.87 Å². The van der Waals surface area contributed by atoms with Crippen molar-refractivity contribution in [2.45, 2.75) is 39.2 Å². The van der Waals surface area contributed by atoms with Crippen LogP contribution < -0.4 is 16.0 Å². The standard InChI is InChI=1S/C19H32N4O3S/c1-3-4-7-17(14-20)21-19(24)15-27(25,26)23-11-9-22(10-12-23)18-8-5-6-16(2)13-18/h5-6,8,13,17H,3-4,7,9-12,14-15,20H2,1-2H3,(H,21,24). The molecule has 1 aromatic rings. The summed E-state index contributed by atoms with van der Waals surface area (Å²) in [6.45, 7) is 6.44. The average Bonchev–Trinajstić information content (AvgIpc) is 2.64. The first-order valence-electron chi connectivity index (χ1n) is 9.64. The summed E-state index contributed by atoms with van der Waals surface area (Å²) in [5, 5.41) is 2.76. The Morgan fingerprint density at radius 3 is 2.56 bits per heavy atom. The minimum absolute atomic E-state index is 0.161. The monoisotopic (exact) mass is 396 g/mol. The molecule has 1 aromatic carbocycles. The van der Waals surface area contributed by atoms with Crippen molar-refractivity contribution in [2.24, 2.45) is 5.73 Å². The van der Waals surface area contributed by atoms with Gasteiger partial charge in [-0.05, 0) is 31.0 Å². The highest BCUT2D eigenvalue weighted by molar-refractivity contribution is 7.89. The number of aryl methyl sites for hydroxylation is 1. The second-order valence-corrected chi connectivity index (χ2v) is 9.09. The zero-order chi connectivity index (χ0) is 19.9. The normalized spacial score (nSPS) is 16.9. The van der Waals surface area contributed by atoms with Gasteiger partial charge in [-0.25, -0.2) is 8.42 Å². The lowest BCUT2D eigenvalue weighted by Crippen LogP contribution is -2.51. The second-order valence-electron chi connectivity index (χ2n) is 7.12. The number of anilines is 1. The molecule has 7 nitrogen and oxygen atoms in total. The van der Waals surface area contributed by atoms with E-state index in [1.807, 2.05) is 25.1 Å². The highest BCUT2D eigenvalue weighted by Crippen LogP contribution is 2.19. The molecule has 1 aliphatic rings. The number of sulfonamides is 1. The van der Waals surface area contributed by atoms with E-state index in [0.29, 0.717) is 32.7 Å². The van der Waals surface area contributed by atoms with Gasteiger partial charge in [-0.3, -0.25) is 4.79 Å². The Kier molecular flexibility index (Phi) is 8.07. The Labute approximate surface area is 163 Å². The molecule has 0 spiro atoms. The van der Waals surface area contributed by atoms with Crippen LogP contribution in [0.1, 0.15) is 31.7 Å². The van der Waals surface area contributed by atoms with Crippen molar-refractivity contribution in [1.29, 1.82) is 0 Å². The number of nitrogens with zero attached hydrogens (tertiary/aromatic N) is 2. The number of carbonyl (C=O) groups excluding carboxylic acids is 1. The molecule has 152 valence electrons. The lowest BCUT2D eigenvalue weighted by molar-refractivity contribution is -0.119. The first-order chi connectivity index (χ1) is 12.9. The third kappa shape index (κ3) is 6.48. The van der Waals surface area contributed by atoms with Gasteiger partial charge in [-0.15, -0.1) is 0 Å². The van der Waals surface area contributed by atoms with E-state index in [1.54, 1.807) is 0 Å². The number of rotatable bonds is 9. The summed E-state index contributed by atoms with van der Waals surface area (Å²) in [4.78, 5) is 14.3. The maximum atomic E-state index is 12.6. The number of unbranched alkanes of at least 4 members (excludes halogenated alkanes) is 1. The molecule has 1 aliphatic heterocycles.